The Morgan fingerprint density at radius 1 is 1.10 bits per heavy atom. The van der Waals surface area contributed by atoms with Gasteiger partial charge >= 0.3 is 0 Å². The summed E-state index contributed by atoms with van der Waals surface area (Å²) in [6.45, 7) is 7.12. The Hall–Kier alpha value is -3.22. The smallest absolute Gasteiger partial charge is 0.261 e. The Balaban J connectivity index is 1.46. The van der Waals surface area contributed by atoms with Gasteiger partial charge in [-0.1, -0.05) is 36.3 Å². The zero-order valence-electron chi connectivity index (χ0n) is 18.3. The van der Waals surface area contributed by atoms with E-state index in [0.29, 0.717) is 18.9 Å². The minimum absolute atomic E-state index is 0.179. The van der Waals surface area contributed by atoms with E-state index in [1.807, 2.05) is 35.2 Å². The highest BCUT2D eigenvalue weighted by molar-refractivity contribution is 5.79. The highest BCUT2D eigenvalue weighted by Crippen LogP contribution is 2.28. The number of benzene rings is 1. The molecule has 1 aliphatic heterocycles. The molecule has 0 spiro atoms. The molecule has 0 atom stereocenters. The fourth-order valence-corrected chi connectivity index (χ4v) is 3.97. The molecule has 3 aromatic rings. The molecule has 1 saturated heterocycles. The van der Waals surface area contributed by atoms with Crippen LogP contribution in [-0.4, -0.2) is 52.1 Å². The quantitative estimate of drug-likeness (QED) is 0.607. The van der Waals surface area contributed by atoms with Crippen LogP contribution in [0, 0.1) is 6.92 Å². The van der Waals surface area contributed by atoms with Gasteiger partial charge in [-0.05, 0) is 43.0 Å². The molecule has 0 unspecified atom stereocenters. The molecule has 7 nitrogen and oxygen atoms in total. The normalized spacial score (nSPS) is 14.5. The van der Waals surface area contributed by atoms with Crippen molar-refractivity contribution in [2.24, 2.45) is 0 Å². The standard InChI is InChI=1S/C24H29N5O2/c1-3-8-21-26-24(31-27-21)20-11-6-12-25-23(20)29-14-7-13-28(15-16-29)22(30)17-19-10-5-4-9-18(19)2/h4-6,9-12H,3,7-8,13-17H2,1-2H3. The van der Waals surface area contributed by atoms with E-state index in [0.717, 1.165) is 67.2 Å². The second kappa shape index (κ2) is 9.73. The first kappa shape index (κ1) is 21.0. The topological polar surface area (TPSA) is 75.4 Å². The molecule has 0 bridgehead atoms. The number of nitrogens with zero attached hydrogens (tertiary/aromatic N) is 5. The Kier molecular flexibility index (Phi) is 6.60. The van der Waals surface area contributed by atoms with Gasteiger partial charge in [0.05, 0.1) is 12.0 Å². The second-order valence-corrected chi connectivity index (χ2v) is 7.96. The van der Waals surface area contributed by atoms with Crippen molar-refractivity contribution in [2.45, 2.75) is 39.5 Å². The summed E-state index contributed by atoms with van der Waals surface area (Å²) >= 11 is 0. The number of carbonyl (C=O) groups is 1. The zero-order valence-corrected chi connectivity index (χ0v) is 18.3. The Morgan fingerprint density at radius 3 is 2.81 bits per heavy atom. The summed E-state index contributed by atoms with van der Waals surface area (Å²) in [6, 6.07) is 11.9. The zero-order chi connectivity index (χ0) is 21.6. The summed E-state index contributed by atoms with van der Waals surface area (Å²) in [4.78, 5) is 26.3. The van der Waals surface area contributed by atoms with Gasteiger partial charge in [0.1, 0.15) is 5.82 Å². The number of aryl methyl sites for hydroxylation is 2. The summed E-state index contributed by atoms with van der Waals surface area (Å²) in [5.41, 5.74) is 3.10. The van der Waals surface area contributed by atoms with Crippen molar-refractivity contribution in [3.63, 3.8) is 0 Å². The molecule has 31 heavy (non-hydrogen) atoms. The van der Waals surface area contributed by atoms with Crippen LogP contribution >= 0.6 is 0 Å². The SMILES string of the molecule is CCCc1noc(-c2cccnc2N2CCCN(C(=O)Cc3ccccc3C)CC2)n1. The Labute approximate surface area is 183 Å². The summed E-state index contributed by atoms with van der Waals surface area (Å²) in [7, 11) is 0. The van der Waals surface area contributed by atoms with Crippen molar-refractivity contribution >= 4 is 11.7 Å². The van der Waals surface area contributed by atoms with Gasteiger partial charge in [-0.25, -0.2) is 4.98 Å². The van der Waals surface area contributed by atoms with Gasteiger partial charge in [0.15, 0.2) is 5.82 Å². The fraction of sp³-hybridized carbons (Fsp3) is 0.417. The molecule has 0 saturated carbocycles. The van der Waals surface area contributed by atoms with Gasteiger partial charge in [-0.15, -0.1) is 0 Å². The molecule has 2 aromatic heterocycles. The second-order valence-electron chi connectivity index (χ2n) is 7.96. The number of hydrogen-bond acceptors (Lipinski definition) is 6. The van der Waals surface area contributed by atoms with Crippen molar-refractivity contribution in [3.05, 3.63) is 59.5 Å². The van der Waals surface area contributed by atoms with Crippen molar-refractivity contribution in [1.82, 2.24) is 20.0 Å². The molecule has 1 fully saturated rings. The minimum Gasteiger partial charge on any atom is -0.354 e. The van der Waals surface area contributed by atoms with E-state index in [1.54, 1.807) is 6.20 Å². The lowest BCUT2D eigenvalue weighted by Gasteiger charge is -2.24. The molecular formula is C24H29N5O2. The van der Waals surface area contributed by atoms with Crippen LogP contribution in [0.4, 0.5) is 5.82 Å². The number of carbonyl (C=O) groups excluding carboxylic acids is 1. The van der Waals surface area contributed by atoms with Gasteiger partial charge in [0.2, 0.25) is 5.91 Å². The van der Waals surface area contributed by atoms with E-state index in [4.69, 9.17) is 4.52 Å². The van der Waals surface area contributed by atoms with Gasteiger partial charge in [0.25, 0.3) is 5.89 Å². The van der Waals surface area contributed by atoms with Crippen LogP contribution < -0.4 is 4.90 Å². The van der Waals surface area contributed by atoms with Crippen LogP contribution in [0.1, 0.15) is 36.7 Å². The highest BCUT2D eigenvalue weighted by Gasteiger charge is 2.23. The number of anilines is 1. The largest absolute Gasteiger partial charge is 0.354 e. The molecular weight excluding hydrogens is 390 g/mol. The third-order valence-corrected chi connectivity index (χ3v) is 5.71. The first-order valence-corrected chi connectivity index (χ1v) is 11.0. The lowest BCUT2D eigenvalue weighted by Crippen LogP contribution is -2.36. The highest BCUT2D eigenvalue weighted by atomic mass is 16.5. The summed E-state index contributed by atoms with van der Waals surface area (Å²) in [6.07, 6.45) is 4.89. The molecule has 0 N–H and O–H groups in total. The lowest BCUT2D eigenvalue weighted by molar-refractivity contribution is -0.130. The molecule has 162 valence electrons. The predicted molar refractivity (Wildman–Crippen MR) is 120 cm³/mol. The van der Waals surface area contributed by atoms with Crippen LogP contribution in [0.15, 0.2) is 47.1 Å². The third-order valence-electron chi connectivity index (χ3n) is 5.71. The number of amides is 1. The van der Waals surface area contributed by atoms with E-state index in [9.17, 15) is 4.79 Å². The van der Waals surface area contributed by atoms with Crippen molar-refractivity contribution in [3.8, 4) is 11.5 Å². The maximum atomic E-state index is 12.9. The van der Waals surface area contributed by atoms with Crippen LogP contribution in [-0.2, 0) is 17.6 Å². The summed E-state index contributed by atoms with van der Waals surface area (Å²) in [5, 5.41) is 4.08. The molecule has 1 aromatic carbocycles. The monoisotopic (exact) mass is 419 g/mol. The van der Waals surface area contributed by atoms with Gasteiger partial charge in [-0.2, -0.15) is 4.98 Å². The summed E-state index contributed by atoms with van der Waals surface area (Å²) in [5.74, 6) is 2.24. The van der Waals surface area contributed by atoms with Crippen LogP contribution in [0.3, 0.4) is 0 Å². The van der Waals surface area contributed by atoms with E-state index >= 15 is 0 Å². The predicted octanol–water partition coefficient (Wildman–Crippen LogP) is 3.67. The maximum Gasteiger partial charge on any atom is 0.261 e. The van der Waals surface area contributed by atoms with Gasteiger partial charge < -0.3 is 14.3 Å². The third kappa shape index (κ3) is 4.93. The maximum absolute atomic E-state index is 12.9. The van der Waals surface area contributed by atoms with E-state index in [-0.39, 0.29) is 5.91 Å². The number of aromatic nitrogens is 3. The molecule has 0 radical (unpaired) electrons. The molecule has 3 heterocycles. The van der Waals surface area contributed by atoms with Gasteiger partial charge in [-0.3, -0.25) is 4.79 Å². The van der Waals surface area contributed by atoms with Crippen molar-refractivity contribution < 1.29 is 9.32 Å². The Bertz CT molecular complexity index is 1030. The van der Waals surface area contributed by atoms with Crippen molar-refractivity contribution in [2.75, 3.05) is 31.1 Å². The van der Waals surface area contributed by atoms with Gasteiger partial charge in [0, 0.05) is 38.8 Å². The van der Waals surface area contributed by atoms with Crippen LogP contribution in [0.5, 0.6) is 0 Å². The average Bonchev–Trinajstić information content (AvgIpc) is 3.10. The molecule has 0 aliphatic carbocycles. The first-order valence-electron chi connectivity index (χ1n) is 11.0. The summed E-state index contributed by atoms with van der Waals surface area (Å²) < 4.78 is 5.51. The number of hydrogen-bond donors (Lipinski definition) is 0. The Morgan fingerprint density at radius 2 is 1.97 bits per heavy atom. The minimum atomic E-state index is 0.179. The average molecular weight is 420 g/mol. The lowest BCUT2D eigenvalue weighted by atomic mass is 10.1. The van der Waals surface area contributed by atoms with Crippen LogP contribution in [0.2, 0.25) is 0 Å². The number of rotatable bonds is 6. The number of pyridine rings is 1. The van der Waals surface area contributed by atoms with Crippen molar-refractivity contribution in [1.29, 1.82) is 0 Å². The van der Waals surface area contributed by atoms with E-state index in [2.05, 4.69) is 39.9 Å². The first-order chi connectivity index (χ1) is 15.2. The molecule has 1 amide bonds. The fourth-order valence-electron chi connectivity index (χ4n) is 3.97. The molecule has 1 aliphatic rings. The van der Waals surface area contributed by atoms with Crippen LogP contribution in [0.25, 0.3) is 11.5 Å². The van der Waals surface area contributed by atoms with E-state index < -0.39 is 0 Å². The van der Waals surface area contributed by atoms with E-state index in [1.165, 1.54) is 0 Å². The molecule has 7 heteroatoms. The molecule has 4 rings (SSSR count).